The molecule has 106 valence electrons. The van der Waals surface area contributed by atoms with Gasteiger partial charge < -0.3 is 10.8 Å². The van der Waals surface area contributed by atoms with Gasteiger partial charge in [0.15, 0.2) is 5.69 Å². The summed E-state index contributed by atoms with van der Waals surface area (Å²) in [5.41, 5.74) is 6.78. The van der Waals surface area contributed by atoms with E-state index in [4.69, 9.17) is 5.73 Å². The van der Waals surface area contributed by atoms with Gasteiger partial charge in [0.2, 0.25) is 0 Å². The van der Waals surface area contributed by atoms with Gasteiger partial charge in [-0.15, -0.1) is 0 Å². The van der Waals surface area contributed by atoms with E-state index in [0.717, 1.165) is 17.4 Å². The van der Waals surface area contributed by atoms with E-state index in [-0.39, 0.29) is 5.69 Å². The number of carbonyl (C=O) groups is 1. The number of nitrogens with two attached hydrogens (primary N) is 1. The van der Waals surface area contributed by atoms with Crippen molar-refractivity contribution in [2.24, 2.45) is 23.7 Å². The van der Waals surface area contributed by atoms with Crippen molar-refractivity contribution in [2.45, 2.75) is 38.0 Å². The topological polar surface area (TPSA) is 76.2 Å². The Labute approximate surface area is 118 Å². The average Bonchev–Trinajstić information content (AvgIpc) is 2.38. The van der Waals surface area contributed by atoms with Gasteiger partial charge >= 0.3 is 5.97 Å². The molecule has 0 radical (unpaired) electrons. The van der Waals surface area contributed by atoms with E-state index in [2.05, 4.69) is 4.98 Å². The number of pyridine rings is 1. The van der Waals surface area contributed by atoms with Crippen LogP contribution in [0.3, 0.4) is 0 Å². The van der Waals surface area contributed by atoms with Crippen LogP contribution in [0, 0.1) is 23.7 Å². The number of rotatable bonds is 2. The Kier molecular flexibility index (Phi) is 2.56. The largest absolute Gasteiger partial charge is 0.477 e. The van der Waals surface area contributed by atoms with Crippen molar-refractivity contribution >= 4 is 11.8 Å². The first-order valence-corrected chi connectivity index (χ1v) is 7.61. The Morgan fingerprint density at radius 1 is 1.10 bits per heavy atom. The minimum Gasteiger partial charge on any atom is -0.477 e. The smallest absolute Gasteiger partial charge is 0.354 e. The number of anilines is 1. The minimum absolute atomic E-state index is 0.183. The first-order valence-electron chi connectivity index (χ1n) is 7.61. The summed E-state index contributed by atoms with van der Waals surface area (Å²) in [6.07, 6.45) is 6.52. The number of nitrogens with zero attached hydrogens (tertiary/aromatic N) is 1. The highest BCUT2D eigenvalue weighted by Gasteiger charge is 2.49. The van der Waals surface area contributed by atoms with Crippen LogP contribution < -0.4 is 5.73 Å². The molecule has 4 heteroatoms. The quantitative estimate of drug-likeness (QED) is 0.868. The molecule has 4 nitrogen and oxygen atoms in total. The zero-order chi connectivity index (χ0) is 13.9. The Hall–Kier alpha value is -1.58. The highest BCUT2D eigenvalue weighted by molar-refractivity contribution is 5.87. The van der Waals surface area contributed by atoms with Crippen LogP contribution in [0.5, 0.6) is 0 Å². The molecule has 20 heavy (non-hydrogen) atoms. The summed E-state index contributed by atoms with van der Waals surface area (Å²) in [6.45, 7) is 0. The summed E-state index contributed by atoms with van der Waals surface area (Å²) < 4.78 is 0. The van der Waals surface area contributed by atoms with Gasteiger partial charge in [-0.2, -0.15) is 0 Å². The van der Waals surface area contributed by atoms with E-state index in [1.807, 2.05) is 6.07 Å². The monoisotopic (exact) mass is 272 g/mol. The number of aromatic carboxylic acids is 1. The van der Waals surface area contributed by atoms with Crippen molar-refractivity contribution in [1.82, 2.24) is 4.98 Å². The number of aromatic nitrogens is 1. The van der Waals surface area contributed by atoms with E-state index in [1.165, 1.54) is 32.1 Å². The van der Waals surface area contributed by atoms with E-state index >= 15 is 0 Å². The number of carboxylic acid groups (broad SMARTS) is 1. The number of hydrogen-bond acceptors (Lipinski definition) is 3. The molecule has 4 bridgehead atoms. The van der Waals surface area contributed by atoms with Crippen molar-refractivity contribution in [3.8, 4) is 0 Å². The van der Waals surface area contributed by atoms with E-state index < -0.39 is 5.97 Å². The van der Waals surface area contributed by atoms with Crippen LogP contribution >= 0.6 is 0 Å². The number of nitrogen functional groups attached to an aromatic ring is 1. The molecule has 4 saturated carbocycles. The zero-order valence-corrected chi connectivity index (χ0v) is 11.5. The first kappa shape index (κ1) is 12.2. The molecule has 1 aromatic heterocycles. The van der Waals surface area contributed by atoms with Crippen LogP contribution in [0.2, 0.25) is 0 Å². The summed E-state index contributed by atoms with van der Waals surface area (Å²) in [7, 11) is 0. The van der Waals surface area contributed by atoms with Crippen molar-refractivity contribution < 1.29 is 9.90 Å². The second-order valence-electron chi connectivity index (χ2n) is 6.94. The Bertz CT molecular complexity index is 542. The Morgan fingerprint density at radius 2 is 1.70 bits per heavy atom. The molecule has 5 rings (SSSR count). The predicted octanol–water partition coefficient (Wildman–Crippen LogP) is 2.90. The van der Waals surface area contributed by atoms with Crippen molar-refractivity contribution in [1.29, 1.82) is 0 Å². The molecule has 0 atom stereocenters. The molecule has 0 spiro atoms. The molecular formula is C16H20N2O2. The molecule has 0 amide bonds. The second-order valence-corrected chi connectivity index (χ2v) is 6.94. The minimum atomic E-state index is -0.943. The van der Waals surface area contributed by atoms with Gasteiger partial charge in [-0.1, -0.05) is 6.07 Å². The van der Waals surface area contributed by atoms with Crippen molar-refractivity contribution in [2.75, 3.05) is 5.73 Å². The molecule has 4 aliphatic rings. The van der Waals surface area contributed by atoms with Gasteiger partial charge in [0.05, 0.1) is 0 Å². The predicted molar refractivity (Wildman–Crippen MR) is 75.4 cm³/mol. The number of hydrogen-bond donors (Lipinski definition) is 2. The molecule has 0 aliphatic heterocycles. The van der Waals surface area contributed by atoms with Crippen molar-refractivity contribution in [3.05, 3.63) is 23.4 Å². The van der Waals surface area contributed by atoms with E-state index in [9.17, 15) is 9.90 Å². The lowest BCUT2D eigenvalue weighted by Crippen LogP contribution is -2.44. The van der Waals surface area contributed by atoms with Crippen LogP contribution in [0.1, 0.15) is 54.1 Å². The van der Waals surface area contributed by atoms with Crippen LogP contribution in [0.25, 0.3) is 0 Å². The summed E-state index contributed by atoms with van der Waals surface area (Å²) in [6, 6.07) is 3.67. The maximum atomic E-state index is 11.5. The molecule has 1 aromatic rings. The third-order valence-corrected chi connectivity index (χ3v) is 5.74. The lowest BCUT2D eigenvalue weighted by molar-refractivity contribution is -0.00329. The molecule has 0 aromatic carbocycles. The van der Waals surface area contributed by atoms with Crippen LogP contribution in [-0.2, 0) is 0 Å². The van der Waals surface area contributed by atoms with Gasteiger partial charge in [-0.3, -0.25) is 0 Å². The summed E-state index contributed by atoms with van der Waals surface area (Å²) in [5, 5.41) is 9.43. The van der Waals surface area contributed by atoms with Gasteiger partial charge in [-0.25, -0.2) is 9.78 Å². The summed E-state index contributed by atoms with van der Waals surface area (Å²) in [5.74, 6) is 2.86. The Morgan fingerprint density at radius 3 is 2.25 bits per heavy atom. The Balaban J connectivity index is 1.76. The van der Waals surface area contributed by atoms with E-state index in [1.54, 1.807) is 6.07 Å². The zero-order valence-electron chi connectivity index (χ0n) is 11.5. The van der Waals surface area contributed by atoms with Gasteiger partial charge in [0.1, 0.15) is 5.82 Å². The molecule has 1 heterocycles. The second kappa shape index (κ2) is 4.21. The lowest BCUT2D eigenvalue weighted by Gasteiger charge is -2.54. The standard InChI is InChI=1S/C16H20N2O2/c17-13-2-1-12(15(18-13)16(19)20)14-10-4-8-3-9(6-10)7-11(14)5-8/h1-2,8-11,14H,3-7H2,(H2,17,18)(H,19,20). The highest BCUT2D eigenvalue weighted by atomic mass is 16.4. The maximum absolute atomic E-state index is 11.5. The van der Waals surface area contributed by atoms with Crippen LogP contribution in [0.4, 0.5) is 5.82 Å². The lowest BCUT2D eigenvalue weighted by atomic mass is 9.50. The fourth-order valence-corrected chi connectivity index (χ4v) is 5.36. The first-order chi connectivity index (χ1) is 9.61. The molecule has 0 saturated heterocycles. The van der Waals surface area contributed by atoms with Crippen LogP contribution in [0.15, 0.2) is 12.1 Å². The summed E-state index contributed by atoms with van der Waals surface area (Å²) in [4.78, 5) is 15.6. The van der Waals surface area contributed by atoms with Gasteiger partial charge in [0, 0.05) is 0 Å². The highest BCUT2D eigenvalue weighted by Crippen LogP contribution is 2.60. The molecule has 3 N–H and O–H groups in total. The fourth-order valence-electron chi connectivity index (χ4n) is 5.36. The van der Waals surface area contributed by atoms with E-state index in [0.29, 0.717) is 23.6 Å². The SMILES string of the molecule is Nc1ccc(C2C3CC4CC(C3)CC2C4)c(C(=O)O)n1. The molecule has 4 fully saturated rings. The van der Waals surface area contributed by atoms with Gasteiger partial charge in [0.25, 0.3) is 0 Å². The normalized spacial score (nSPS) is 38.1. The average molecular weight is 272 g/mol. The third kappa shape index (κ3) is 1.74. The van der Waals surface area contributed by atoms with Crippen LogP contribution in [-0.4, -0.2) is 16.1 Å². The molecule has 0 unspecified atom stereocenters. The summed E-state index contributed by atoms with van der Waals surface area (Å²) >= 11 is 0. The van der Waals surface area contributed by atoms with Crippen molar-refractivity contribution in [3.63, 3.8) is 0 Å². The fraction of sp³-hybridized carbons (Fsp3) is 0.625. The molecule has 4 aliphatic carbocycles. The maximum Gasteiger partial charge on any atom is 0.354 e. The van der Waals surface area contributed by atoms with Gasteiger partial charge in [-0.05, 0) is 73.3 Å². The third-order valence-electron chi connectivity index (χ3n) is 5.74. The molecular weight excluding hydrogens is 252 g/mol. The number of carboxylic acids is 1.